The first-order valence-electron chi connectivity index (χ1n) is 9.42. The highest BCUT2D eigenvalue weighted by Crippen LogP contribution is 2.19. The van der Waals surface area contributed by atoms with Gasteiger partial charge in [0.05, 0.1) is 23.6 Å². The summed E-state index contributed by atoms with van der Waals surface area (Å²) in [5.74, 6) is 0. The van der Waals surface area contributed by atoms with E-state index < -0.39 is 0 Å². The van der Waals surface area contributed by atoms with Gasteiger partial charge in [-0.1, -0.05) is 18.2 Å². The van der Waals surface area contributed by atoms with Gasteiger partial charge in [-0.15, -0.1) is 0 Å². The quantitative estimate of drug-likeness (QED) is 0.776. The summed E-state index contributed by atoms with van der Waals surface area (Å²) in [5.41, 5.74) is 2.19. The number of rotatable bonds is 7. The van der Waals surface area contributed by atoms with Gasteiger partial charge in [-0.3, -0.25) is 4.90 Å². The minimum atomic E-state index is 0.359. The summed E-state index contributed by atoms with van der Waals surface area (Å²) < 4.78 is 13.7. The lowest BCUT2D eigenvalue weighted by Crippen LogP contribution is -2.37. The summed E-state index contributed by atoms with van der Waals surface area (Å²) in [6, 6.07) is 12.4. The molecule has 5 nitrogen and oxygen atoms in total. The monoisotopic (exact) mass is 341 g/mol. The van der Waals surface area contributed by atoms with E-state index in [0.29, 0.717) is 12.2 Å². The summed E-state index contributed by atoms with van der Waals surface area (Å²) in [6.07, 6.45) is 7.46. The van der Waals surface area contributed by atoms with Crippen LogP contribution in [0.25, 0.3) is 5.69 Å². The van der Waals surface area contributed by atoms with E-state index in [1.54, 1.807) is 0 Å². The van der Waals surface area contributed by atoms with Crippen molar-refractivity contribution in [2.75, 3.05) is 26.3 Å². The molecule has 0 amide bonds. The van der Waals surface area contributed by atoms with Crippen molar-refractivity contribution < 1.29 is 9.47 Å². The van der Waals surface area contributed by atoms with Crippen molar-refractivity contribution in [3.63, 3.8) is 0 Å². The number of aromatic nitrogens is 2. The van der Waals surface area contributed by atoms with Crippen LogP contribution < -0.4 is 0 Å². The Morgan fingerprint density at radius 3 is 2.24 bits per heavy atom. The fourth-order valence-corrected chi connectivity index (χ4v) is 3.76. The summed E-state index contributed by atoms with van der Waals surface area (Å²) >= 11 is 0. The Hall–Kier alpha value is -1.69. The normalized spacial score (nSPS) is 23.6. The second-order valence-corrected chi connectivity index (χ2v) is 7.05. The summed E-state index contributed by atoms with van der Waals surface area (Å²) in [4.78, 5) is 2.46. The fraction of sp³-hybridized carbons (Fsp3) is 0.550. The van der Waals surface area contributed by atoms with E-state index in [2.05, 4.69) is 23.1 Å². The van der Waals surface area contributed by atoms with Crippen molar-refractivity contribution >= 4 is 0 Å². The average molecular weight is 341 g/mol. The number of hydrogen-bond acceptors (Lipinski definition) is 4. The molecule has 0 N–H and O–H groups in total. The van der Waals surface area contributed by atoms with Crippen LogP contribution in [-0.4, -0.2) is 53.2 Å². The van der Waals surface area contributed by atoms with E-state index in [1.807, 2.05) is 29.1 Å². The number of para-hydroxylation sites is 1. The van der Waals surface area contributed by atoms with Crippen LogP contribution in [0.3, 0.4) is 0 Å². The van der Waals surface area contributed by atoms with Gasteiger partial charge in [-0.25, -0.2) is 4.68 Å². The van der Waals surface area contributed by atoms with Crippen LogP contribution in [0.15, 0.2) is 42.6 Å². The molecule has 5 heteroatoms. The molecule has 3 heterocycles. The van der Waals surface area contributed by atoms with E-state index in [9.17, 15) is 0 Å². The lowest BCUT2D eigenvalue weighted by atomic mass is 10.2. The highest BCUT2D eigenvalue weighted by atomic mass is 16.5. The maximum atomic E-state index is 5.85. The van der Waals surface area contributed by atoms with Crippen molar-refractivity contribution in [3.8, 4) is 5.69 Å². The Morgan fingerprint density at radius 1 is 0.960 bits per heavy atom. The number of nitrogens with zero attached hydrogens (tertiary/aromatic N) is 3. The molecule has 1 aromatic carbocycles. The first-order valence-corrected chi connectivity index (χ1v) is 9.42. The Balaban J connectivity index is 1.42. The van der Waals surface area contributed by atoms with Gasteiger partial charge in [0.25, 0.3) is 0 Å². The van der Waals surface area contributed by atoms with Gasteiger partial charge in [0, 0.05) is 39.0 Å². The van der Waals surface area contributed by atoms with Crippen LogP contribution in [-0.2, 0) is 16.0 Å². The minimum Gasteiger partial charge on any atom is -0.377 e. The van der Waals surface area contributed by atoms with Crippen molar-refractivity contribution in [2.45, 2.75) is 44.4 Å². The Kier molecular flexibility index (Phi) is 5.45. The van der Waals surface area contributed by atoms with Gasteiger partial charge in [-0.05, 0) is 43.9 Å². The Morgan fingerprint density at radius 2 is 1.64 bits per heavy atom. The number of ether oxygens (including phenoxy) is 2. The van der Waals surface area contributed by atoms with Crippen molar-refractivity contribution in [1.82, 2.24) is 14.7 Å². The fourth-order valence-electron chi connectivity index (χ4n) is 3.76. The highest BCUT2D eigenvalue weighted by molar-refractivity contribution is 5.30. The minimum absolute atomic E-state index is 0.359. The van der Waals surface area contributed by atoms with Crippen molar-refractivity contribution in [3.05, 3.63) is 48.3 Å². The number of benzene rings is 1. The van der Waals surface area contributed by atoms with Crippen molar-refractivity contribution in [2.24, 2.45) is 0 Å². The number of hydrogen-bond donors (Lipinski definition) is 0. The van der Waals surface area contributed by atoms with E-state index >= 15 is 0 Å². The largest absolute Gasteiger partial charge is 0.377 e. The van der Waals surface area contributed by atoms with E-state index in [4.69, 9.17) is 14.6 Å². The van der Waals surface area contributed by atoms with Crippen LogP contribution in [0.4, 0.5) is 0 Å². The molecule has 2 aliphatic heterocycles. The molecular weight excluding hydrogens is 314 g/mol. The maximum Gasteiger partial charge on any atom is 0.0769 e. The molecule has 25 heavy (non-hydrogen) atoms. The van der Waals surface area contributed by atoms with Crippen LogP contribution in [0.5, 0.6) is 0 Å². The average Bonchev–Trinajstić information content (AvgIpc) is 3.38. The molecule has 0 saturated carbocycles. The lowest BCUT2D eigenvalue weighted by molar-refractivity contribution is 0.0341. The molecule has 2 saturated heterocycles. The Labute approximate surface area is 149 Å². The predicted octanol–water partition coefficient (Wildman–Crippen LogP) is 3.03. The Bertz CT molecular complexity index is 628. The zero-order valence-corrected chi connectivity index (χ0v) is 14.7. The molecule has 0 radical (unpaired) electrons. The molecule has 4 rings (SSSR count). The predicted molar refractivity (Wildman–Crippen MR) is 96.8 cm³/mol. The SMILES string of the molecule is c1ccc(-n2ccc(CN(CC3CCCO3)CC3CCCO3)n2)cc1. The molecule has 2 aliphatic rings. The summed E-state index contributed by atoms with van der Waals surface area (Å²) in [6.45, 7) is 4.60. The first-order chi connectivity index (χ1) is 12.4. The molecule has 0 aliphatic carbocycles. The van der Waals surface area contributed by atoms with Gasteiger partial charge in [-0.2, -0.15) is 5.10 Å². The van der Waals surface area contributed by atoms with E-state index in [1.165, 1.54) is 25.7 Å². The zero-order valence-electron chi connectivity index (χ0n) is 14.7. The summed E-state index contributed by atoms with van der Waals surface area (Å²) in [7, 11) is 0. The molecule has 2 atom stereocenters. The molecule has 134 valence electrons. The smallest absolute Gasteiger partial charge is 0.0769 e. The van der Waals surface area contributed by atoms with E-state index in [0.717, 1.165) is 44.2 Å². The molecule has 2 aromatic rings. The third-order valence-corrected chi connectivity index (χ3v) is 5.02. The molecule has 0 spiro atoms. The summed E-state index contributed by atoms with van der Waals surface area (Å²) in [5, 5.41) is 4.76. The third-order valence-electron chi connectivity index (χ3n) is 5.02. The lowest BCUT2D eigenvalue weighted by Gasteiger charge is -2.26. The van der Waals surface area contributed by atoms with Gasteiger partial charge < -0.3 is 9.47 Å². The molecule has 0 bridgehead atoms. The van der Waals surface area contributed by atoms with Crippen LogP contribution in [0.1, 0.15) is 31.4 Å². The van der Waals surface area contributed by atoms with Gasteiger partial charge in [0.2, 0.25) is 0 Å². The van der Waals surface area contributed by atoms with Crippen LogP contribution >= 0.6 is 0 Å². The van der Waals surface area contributed by atoms with Gasteiger partial charge >= 0.3 is 0 Å². The van der Waals surface area contributed by atoms with E-state index in [-0.39, 0.29) is 0 Å². The van der Waals surface area contributed by atoms with Crippen molar-refractivity contribution in [1.29, 1.82) is 0 Å². The zero-order chi connectivity index (χ0) is 16.9. The maximum absolute atomic E-state index is 5.85. The standard InChI is InChI=1S/C20H27N3O2/c1-2-6-18(7-3-1)23-11-10-17(21-23)14-22(15-19-8-4-12-24-19)16-20-9-5-13-25-20/h1-3,6-7,10-11,19-20H,4-5,8-9,12-16H2. The molecule has 2 unspecified atom stereocenters. The third kappa shape index (κ3) is 4.48. The highest BCUT2D eigenvalue weighted by Gasteiger charge is 2.24. The molecule has 1 aromatic heterocycles. The van der Waals surface area contributed by atoms with Crippen LogP contribution in [0, 0.1) is 0 Å². The van der Waals surface area contributed by atoms with Crippen LogP contribution in [0.2, 0.25) is 0 Å². The topological polar surface area (TPSA) is 39.5 Å². The first kappa shape index (κ1) is 16.8. The molecular formula is C20H27N3O2. The van der Waals surface area contributed by atoms with Gasteiger partial charge in [0.15, 0.2) is 0 Å². The van der Waals surface area contributed by atoms with Gasteiger partial charge in [0.1, 0.15) is 0 Å². The second kappa shape index (κ2) is 8.13. The second-order valence-electron chi connectivity index (χ2n) is 7.05. The molecule has 2 fully saturated rings.